The molecule has 1 N–H and O–H groups in total. The van der Waals surface area contributed by atoms with Crippen LogP contribution in [0.3, 0.4) is 0 Å². The maximum absolute atomic E-state index is 5.98. The molecule has 1 unspecified atom stereocenters. The van der Waals surface area contributed by atoms with Gasteiger partial charge in [-0.05, 0) is 25.8 Å². The van der Waals surface area contributed by atoms with Crippen LogP contribution in [0.2, 0.25) is 0 Å². The lowest BCUT2D eigenvalue weighted by Gasteiger charge is -2.28. The molecule has 0 saturated carbocycles. The number of hydrogen-bond acceptors (Lipinski definition) is 6. The van der Waals surface area contributed by atoms with Crippen molar-refractivity contribution in [3.63, 3.8) is 0 Å². The standard InChI is InChI=1S/C18H21N5O2/c1-4-14-11(2)21-18-19-10-20-23(18)17(14)22-13-8-12-6-5-7-15(24-3)16(12)25-9-13/h5-7,10,13,22H,4,8-9H2,1-3H3. The first-order valence-corrected chi connectivity index (χ1v) is 8.45. The SMILES string of the molecule is CCc1c(C)nc2ncnn2c1NC1COc2c(cccc2OC)C1. The Morgan fingerprint density at radius 3 is 3.08 bits per heavy atom. The summed E-state index contributed by atoms with van der Waals surface area (Å²) in [6.07, 6.45) is 3.26. The van der Waals surface area contributed by atoms with Crippen molar-refractivity contribution in [3.05, 3.63) is 41.3 Å². The lowest BCUT2D eigenvalue weighted by Crippen LogP contribution is -2.34. The van der Waals surface area contributed by atoms with E-state index in [0.29, 0.717) is 12.4 Å². The number of nitrogens with one attached hydrogen (secondary N) is 1. The van der Waals surface area contributed by atoms with Gasteiger partial charge in [-0.3, -0.25) is 0 Å². The van der Waals surface area contributed by atoms with Crippen LogP contribution in [0.1, 0.15) is 23.7 Å². The third-order valence-electron chi connectivity index (χ3n) is 4.60. The molecule has 0 bridgehead atoms. The quantitative estimate of drug-likeness (QED) is 0.787. The van der Waals surface area contributed by atoms with Gasteiger partial charge in [0.25, 0.3) is 5.78 Å². The number of para-hydroxylation sites is 1. The van der Waals surface area contributed by atoms with Crippen molar-refractivity contribution in [1.82, 2.24) is 19.6 Å². The van der Waals surface area contributed by atoms with Gasteiger partial charge in [0.1, 0.15) is 18.8 Å². The molecule has 1 atom stereocenters. The zero-order valence-corrected chi connectivity index (χ0v) is 14.6. The van der Waals surface area contributed by atoms with Crippen LogP contribution in [0.25, 0.3) is 5.78 Å². The molecule has 3 aromatic rings. The Morgan fingerprint density at radius 1 is 1.40 bits per heavy atom. The van der Waals surface area contributed by atoms with E-state index >= 15 is 0 Å². The molecule has 0 amide bonds. The number of hydrogen-bond donors (Lipinski definition) is 1. The average Bonchev–Trinajstić information content (AvgIpc) is 3.09. The van der Waals surface area contributed by atoms with Crippen LogP contribution < -0.4 is 14.8 Å². The Labute approximate surface area is 146 Å². The number of methoxy groups -OCH3 is 1. The van der Waals surface area contributed by atoms with E-state index in [2.05, 4.69) is 33.4 Å². The average molecular weight is 339 g/mol. The number of anilines is 1. The molecule has 1 aliphatic rings. The summed E-state index contributed by atoms with van der Waals surface area (Å²) in [6.45, 7) is 4.69. The smallest absolute Gasteiger partial charge is 0.254 e. The molecule has 0 fully saturated rings. The topological polar surface area (TPSA) is 73.6 Å². The largest absolute Gasteiger partial charge is 0.493 e. The maximum Gasteiger partial charge on any atom is 0.254 e. The van der Waals surface area contributed by atoms with Crippen LogP contribution in [0.5, 0.6) is 11.5 Å². The molecule has 0 aliphatic carbocycles. The number of aromatic nitrogens is 4. The number of nitrogens with zero attached hydrogens (tertiary/aromatic N) is 4. The van der Waals surface area contributed by atoms with E-state index in [9.17, 15) is 0 Å². The number of fused-ring (bicyclic) bond motifs is 2. The third-order valence-corrected chi connectivity index (χ3v) is 4.60. The number of rotatable bonds is 4. The van der Waals surface area contributed by atoms with Gasteiger partial charge in [0, 0.05) is 16.8 Å². The first-order valence-electron chi connectivity index (χ1n) is 8.45. The van der Waals surface area contributed by atoms with Gasteiger partial charge in [-0.25, -0.2) is 4.98 Å². The Bertz CT molecular complexity index is 921. The fourth-order valence-corrected chi connectivity index (χ4v) is 3.40. The van der Waals surface area contributed by atoms with Gasteiger partial charge in [-0.2, -0.15) is 14.6 Å². The molecule has 3 heterocycles. The molecule has 1 aromatic carbocycles. The summed E-state index contributed by atoms with van der Waals surface area (Å²) >= 11 is 0. The predicted octanol–water partition coefficient (Wildman–Crippen LogP) is 2.42. The Kier molecular flexibility index (Phi) is 3.91. The number of benzene rings is 1. The summed E-state index contributed by atoms with van der Waals surface area (Å²) in [5.74, 6) is 3.18. The number of ether oxygens (including phenoxy) is 2. The molecule has 130 valence electrons. The molecule has 1 aliphatic heterocycles. The second-order valence-electron chi connectivity index (χ2n) is 6.15. The summed E-state index contributed by atoms with van der Waals surface area (Å²) < 4.78 is 13.1. The lowest BCUT2D eigenvalue weighted by molar-refractivity contribution is 0.256. The molecule has 7 heteroatoms. The van der Waals surface area contributed by atoms with E-state index in [-0.39, 0.29) is 6.04 Å². The van der Waals surface area contributed by atoms with Gasteiger partial charge in [0.2, 0.25) is 0 Å². The van der Waals surface area contributed by atoms with Crippen LogP contribution in [0, 0.1) is 6.92 Å². The summed E-state index contributed by atoms with van der Waals surface area (Å²) in [5, 5.41) is 7.93. The zero-order valence-electron chi connectivity index (χ0n) is 14.6. The van der Waals surface area contributed by atoms with Crippen molar-refractivity contribution in [1.29, 1.82) is 0 Å². The van der Waals surface area contributed by atoms with Crippen molar-refractivity contribution in [2.24, 2.45) is 0 Å². The minimum atomic E-state index is 0.138. The predicted molar refractivity (Wildman–Crippen MR) is 94.5 cm³/mol. The molecule has 4 rings (SSSR count). The Morgan fingerprint density at radius 2 is 2.28 bits per heavy atom. The molecule has 0 radical (unpaired) electrons. The fraction of sp³-hybridized carbons (Fsp3) is 0.389. The first-order chi connectivity index (χ1) is 12.2. The van der Waals surface area contributed by atoms with Crippen molar-refractivity contribution in [3.8, 4) is 11.5 Å². The molecule has 0 spiro atoms. The van der Waals surface area contributed by atoms with Gasteiger partial charge in [-0.15, -0.1) is 0 Å². The van der Waals surface area contributed by atoms with E-state index in [1.165, 1.54) is 6.33 Å². The second kappa shape index (κ2) is 6.23. The summed E-state index contributed by atoms with van der Waals surface area (Å²) in [7, 11) is 1.66. The molecule has 7 nitrogen and oxygen atoms in total. The van der Waals surface area contributed by atoms with Crippen LogP contribution in [-0.2, 0) is 12.8 Å². The van der Waals surface area contributed by atoms with Gasteiger partial charge in [0.15, 0.2) is 11.5 Å². The molecule has 2 aromatic heterocycles. The highest BCUT2D eigenvalue weighted by molar-refractivity contribution is 5.54. The fourth-order valence-electron chi connectivity index (χ4n) is 3.40. The van der Waals surface area contributed by atoms with Gasteiger partial charge in [0.05, 0.1) is 13.2 Å². The highest BCUT2D eigenvalue weighted by atomic mass is 16.5. The molecular formula is C18H21N5O2. The van der Waals surface area contributed by atoms with Crippen LogP contribution in [0.4, 0.5) is 5.82 Å². The van der Waals surface area contributed by atoms with E-state index in [1.807, 2.05) is 19.1 Å². The highest BCUT2D eigenvalue weighted by Crippen LogP contribution is 2.35. The van der Waals surface area contributed by atoms with Crippen LogP contribution >= 0.6 is 0 Å². The van der Waals surface area contributed by atoms with Crippen LogP contribution in [0.15, 0.2) is 24.5 Å². The van der Waals surface area contributed by atoms with Crippen molar-refractivity contribution in [2.45, 2.75) is 32.7 Å². The van der Waals surface area contributed by atoms with Gasteiger partial charge >= 0.3 is 0 Å². The molecule has 0 saturated heterocycles. The highest BCUT2D eigenvalue weighted by Gasteiger charge is 2.24. The first kappa shape index (κ1) is 15.7. The molecular weight excluding hydrogens is 318 g/mol. The van der Waals surface area contributed by atoms with Crippen molar-refractivity contribution in [2.75, 3.05) is 19.0 Å². The summed E-state index contributed by atoms with van der Waals surface area (Å²) in [4.78, 5) is 8.74. The monoisotopic (exact) mass is 339 g/mol. The minimum Gasteiger partial charge on any atom is -0.493 e. The Hall–Kier alpha value is -2.83. The maximum atomic E-state index is 5.98. The Balaban J connectivity index is 1.67. The van der Waals surface area contributed by atoms with Crippen molar-refractivity contribution < 1.29 is 9.47 Å². The van der Waals surface area contributed by atoms with E-state index in [4.69, 9.17) is 9.47 Å². The number of aryl methyl sites for hydroxylation is 1. The second-order valence-corrected chi connectivity index (χ2v) is 6.15. The minimum absolute atomic E-state index is 0.138. The van der Waals surface area contributed by atoms with Crippen molar-refractivity contribution >= 4 is 11.6 Å². The van der Waals surface area contributed by atoms with E-state index in [0.717, 1.165) is 47.0 Å². The summed E-state index contributed by atoms with van der Waals surface area (Å²) in [5.41, 5.74) is 3.26. The summed E-state index contributed by atoms with van der Waals surface area (Å²) in [6, 6.07) is 6.13. The van der Waals surface area contributed by atoms with Crippen LogP contribution in [-0.4, -0.2) is 39.3 Å². The van der Waals surface area contributed by atoms with Gasteiger partial charge < -0.3 is 14.8 Å². The zero-order chi connectivity index (χ0) is 17.4. The lowest BCUT2D eigenvalue weighted by atomic mass is 10.0. The van der Waals surface area contributed by atoms with Gasteiger partial charge in [-0.1, -0.05) is 19.1 Å². The normalized spacial score (nSPS) is 16.4. The van der Waals surface area contributed by atoms with E-state index < -0.39 is 0 Å². The third kappa shape index (κ3) is 2.65. The van der Waals surface area contributed by atoms with E-state index in [1.54, 1.807) is 11.6 Å². The molecule has 25 heavy (non-hydrogen) atoms.